The first-order chi connectivity index (χ1) is 26.1. The van der Waals surface area contributed by atoms with Gasteiger partial charge in [-0.1, -0.05) is 28.3 Å². The van der Waals surface area contributed by atoms with Crippen LogP contribution in [0.3, 0.4) is 0 Å². The number of ketones is 1. The fraction of sp³-hybridized carbons (Fsp3) is 0.138. The molecule has 0 radical (unpaired) electrons. The number of esters is 1. The number of carbonyl (C=O) groups is 3. The zero-order chi connectivity index (χ0) is 40.5. The zero-order valence-corrected chi connectivity index (χ0v) is 30.5. The van der Waals surface area contributed by atoms with Crippen molar-refractivity contribution in [3.05, 3.63) is 65.9 Å². The van der Waals surface area contributed by atoms with Gasteiger partial charge >= 0.3 is 5.97 Å². The summed E-state index contributed by atoms with van der Waals surface area (Å²) in [5.41, 5.74) is -2.39. The lowest BCUT2D eigenvalue weighted by Crippen LogP contribution is -2.30. The van der Waals surface area contributed by atoms with Gasteiger partial charge in [0.05, 0.1) is 53.5 Å². The van der Waals surface area contributed by atoms with Crippen LogP contribution >= 0.6 is 24.1 Å². The van der Waals surface area contributed by atoms with Gasteiger partial charge in [-0.15, -0.1) is 8.67 Å². The van der Waals surface area contributed by atoms with Gasteiger partial charge in [0.25, 0.3) is 31.9 Å². The molecule has 1 aromatic heterocycles. The molecule has 0 saturated carbocycles. The van der Waals surface area contributed by atoms with Crippen LogP contribution in [0, 0.1) is 17.9 Å². The quantitative estimate of drug-likeness (QED) is 0.0216. The molecule has 1 amide bonds. The Kier molecular flexibility index (Phi) is 14.3. The van der Waals surface area contributed by atoms with Gasteiger partial charge < -0.3 is 14.9 Å². The Balaban J connectivity index is 1.71. The second kappa shape index (κ2) is 18.5. The summed E-state index contributed by atoms with van der Waals surface area (Å²) in [4.78, 5) is 37.7. The average molecular weight is 845 g/mol. The molecule has 0 bridgehead atoms. The summed E-state index contributed by atoms with van der Waals surface area (Å²) in [6.45, 7) is 1.35. The number of rotatable bonds is 17. The average Bonchev–Trinajstić information content (AvgIpc) is 3.64. The number of aliphatic hydroxyl groups excluding tert-OH is 1. The SMILES string of the molecule is CCOC(=O)c1nn(-c2cc(SOOO)ccc2S(=O)(=O)O)c(O)c1C=CC=CCC1C(=O)N(c2cc(SOOO)ccc2S(=O)(=O)O)N=C1C(=O)C#CO. The van der Waals surface area contributed by atoms with Gasteiger partial charge in [-0.05, 0) is 55.8 Å². The zero-order valence-electron chi connectivity index (χ0n) is 27.3. The summed E-state index contributed by atoms with van der Waals surface area (Å²) in [5, 5.41) is 52.5. The van der Waals surface area contributed by atoms with E-state index >= 15 is 0 Å². The molecule has 0 saturated heterocycles. The molecule has 3 aromatic rings. The van der Waals surface area contributed by atoms with Crippen LogP contribution in [0.25, 0.3) is 11.8 Å². The van der Waals surface area contributed by atoms with Crippen LogP contribution in [0.1, 0.15) is 29.4 Å². The maximum atomic E-state index is 13.6. The van der Waals surface area contributed by atoms with Gasteiger partial charge in [0.1, 0.15) is 21.6 Å². The number of anilines is 1. The van der Waals surface area contributed by atoms with E-state index in [1.165, 1.54) is 31.3 Å². The molecule has 1 unspecified atom stereocenters. The number of hydrazone groups is 1. The lowest BCUT2D eigenvalue weighted by Gasteiger charge is -2.17. The highest BCUT2D eigenvalue weighted by Crippen LogP contribution is 2.36. The Hall–Kier alpha value is -5.15. The minimum atomic E-state index is -4.99. The minimum absolute atomic E-state index is 0.0378. The van der Waals surface area contributed by atoms with Crippen LogP contribution in [0.5, 0.6) is 5.88 Å². The number of hydrogen-bond acceptors (Lipinski definition) is 20. The van der Waals surface area contributed by atoms with E-state index in [9.17, 15) is 45.4 Å². The summed E-state index contributed by atoms with van der Waals surface area (Å²) >= 11 is 0.772. The Labute approximate surface area is 317 Å². The van der Waals surface area contributed by atoms with Gasteiger partial charge in [-0.2, -0.15) is 36.7 Å². The molecule has 1 atom stereocenters. The van der Waals surface area contributed by atoms with Crippen molar-refractivity contribution < 1.29 is 84.5 Å². The molecule has 4 rings (SSSR count). The van der Waals surface area contributed by atoms with Crippen molar-refractivity contribution in [2.45, 2.75) is 32.9 Å². The number of nitrogens with zero attached hydrogens (tertiary/aromatic N) is 4. The summed E-state index contributed by atoms with van der Waals surface area (Å²) < 4.78 is 82.5. The molecule has 55 heavy (non-hydrogen) atoms. The second-order valence-electron chi connectivity index (χ2n) is 10.2. The van der Waals surface area contributed by atoms with Crippen LogP contribution in [-0.4, -0.2) is 86.4 Å². The number of aromatic hydroxyl groups is 1. The third kappa shape index (κ3) is 10.1. The summed E-state index contributed by atoms with van der Waals surface area (Å²) in [6.07, 6.45) is 6.02. The monoisotopic (exact) mass is 844 g/mol. The van der Waals surface area contributed by atoms with Gasteiger partial charge in [0, 0.05) is 15.7 Å². The van der Waals surface area contributed by atoms with Crippen molar-refractivity contribution in [2.75, 3.05) is 11.6 Å². The number of aliphatic hydroxyl groups is 1. The van der Waals surface area contributed by atoms with Crippen molar-refractivity contribution in [2.24, 2.45) is 11.0 Å². The number of ether oxygens (including phenoxy) is 1. The van der Waals surface area contributed by atoms with Gasteiger partial charge in [-0.25, -0.2) is 15.3 Å². The third-order valence-corrected chi connectivity index (χ3v) is 9.84. The lowest BCUT2D eigenvalue weighted by molar-refractivity contribution is -0.432. The molecule has 0 fully saturated rings. The maximum Gasteiger partial charge on any atom is 0.359 e. The van der Waals surface area contributed by atoms with E-state index in [4.69, 9.17) is 20.4 Å². The first-order valence-electron chi connectivity index (χ1n) is 14.5. The van der Waals surface area contributed by atoms with E-state index in [1.807, 2.05) is 5.92 Å². The van der Waals surface area contributed by atoms with Crippen molar-refractivity contribution in [1.82, 2.24) is 9.78 Å². The van der Waals surface area contributed by atoms with Gasteiger partial charge in [0.15, 0.2) is 5.69 Å². The molecule has 0 spiro atoms. The number of Topliss-reactive ketones (excluding diaryl/α,β-unsaturated/α-hetero) is 1. The molecule has 26 heteroatoms. The summed E-state index contributed by atoms with van der Waals surface area (Å²) in [6, 6.07) is 6.13. The minimum Gasteiger partial charge on any atom is -0.493 e. The first kappa shape index (κ1) is 42.6. The fourth-order valence-corrected chi connectivity index (χ4v) is 6.79. The molecular weight excluding hydrogens is 821 g/mol. The predicted octanol–water partition coefficient (Wildman–Crippen LogP) is 2.99. The van der Waals surface area contributed by atoms with E-state index in [0.717, 1.165) is 42.5 Å². The molecule has 22 nitrogen and oxygen atoms in total. The summed E-state index contributed by atoms with van der Waals surface area (Å²) in [5.74, 6) is -3.62. The van der Waals surface area contributed by atoms with Crippen molar-refractivity contribution >= 4 is 79.5 Å². The molecule has 0 aliphatic carbocycles. The molecule has 1 aliphatic heterocycles. The fourth-order valence-electron chi connectivity index (χ4n) is 4.71. The van der Waals surface area contributed by atoms with E-state index in [-0.39, 0.29) is 28.4 Å². The van der Waals surface area contributed by atoms with Crippen molar-refractivity contribution in [3.8, 4) is 23.6 Å². The number of aromatic nitrogens is 2. The number of hydrogen-bond donors (Lipinski definition) is 6. The number of benzene rings is 2. The standard InChI is InChI=1S/C29H24N4O18S4/c1-2-47-29(38)26-19(28(37)33(31-26)21-15-17(53-51-49-40)9-11-24(21)55(44,45)46)7-5-3-4-6-18-25(22(35)12-13-34)30-32(27(18)36)20-14-16(52-50-48-39)8-10-23(20)54(41,42)43/h3-5,7-11,14-15,18,34,37,39-40H,2,6H2,1H3,(H,41,42,43)(H,44,45,46). The largest absolute Gasteiger partial charge is 0.493 e. The van der Waals surface area contributed by atoms with Crippen LogP contribution in [-0.2, 0) is 53.3 Å². The molecule has 1 aliphatic rings. The topological polar surface area (TPSA) is 320 Å². The Morgan fingerprint density at radius 1 is 0.945 bits per heavy atom. The third-order valence-electron chi connectivity index (χ3n) is 6.89. The number of allylic oxidation sites excluding steroid dienone is 3. The molecule has 6 N–H and O–H groups in total. The Morgan fingerprint density at radius 2 is 1.53 bits per heavy atom. The smallest absolute Gasteiger partial charge is 0.359 e. The normalized spacial score (nSPS) is 14.7. The highest BCUT2D eigenvalue weighted by atomic mass is 32.2. The van der Waals surface area contributed by atoms with Gasteiger partial charge in [0.2, 0.25) is 5.88 Å². The van der Waals surface area contributed by atoms with Crippen LogP contribution in [0.15, 0.2) is 79.3 Å². The van der Waals surface area contributed by atoms with E-state index < -0.39 is 82.3 Å². The summed E-state index contributed by atoms with van der Waals surface area (Å²) in [7, 11) is -9.95. The Morgan fingerprint density at radius 3 is 2.07 bits per heavy atom. The molecule has 292 valence electrons. The van der Waals surface area contributed by atoms with Crippen LogP contribution in [0.2, 0.25) is 0 Å². The molecule has 2 aromatic carbocycles. The van der Waals surface area contributed by atoms with Gasteiger partial charge in [-0.3, -0.25) is 18.7 Å². The molecular formula is C29H24N4O18S4. The highest BCUT2D eigenvalue weighted by molar-refractivity contribution is 7.94. The molecule has 2 heterocycles. The second-order valence-corrected chi connectivity index (χ2v) is 14.5. The first-order valence-corrected chi connectivity index (χ1v) is 18.9. The maximum absolute atomic E-state index is 13.6. The van der Waals surface area contributed by atoms with Crippen molar-refractivity contribution in [3.63, 3.8) is 0 Å². The van der Waals surface area contributed by atoms with Crippen molar-refractivity contribution in [1.29, 1.82) is 0 Å². The Bertz CT molecular complexity index is 2360. The van der Waals surface area contributed by atoms with Crippen LogP contribution in [0.4, 0.5) is 5.69 Å². The number of carbonyl (C=O) groups excluding carboxylic acids is 3. The van der Waals surface area contributed by atoms with E-state index in [1.54, 1.807) is 0 Å². The van der Waals surface area contributed by atoms with E-state index in [2.05, 4.69) is 28.9 Å². The predicted molar refractivity (Wildman–Crippen MR) is 184 cm³/mol. The highest BCUT2D eigenvalue weighted by Gasteiger charge is 2.41. The number of amides is 1. The lowest BCUT2D eigenvalue weighted by atomic mass is 9.96. The van der Waals surface area contributed by atoms with Crippen LogP contribution < -0.4 is 5.01 Å². The van der Waals surface area contributed by atoms with E-state index in [0.29, 0.717) is 33.8 Å².